The SMILES string of the molecule is CC(=O)NCCC=Cc1ccsc1CO. The molecule has 1 amide bonds. The lowest BCUT2D eigenvalue weighted by molar-refractivity contribution is -0.118. The van der Waals surface area contributed by atoms with Crippen LogP contribution < -0.4 is 5.32 Å². The van der Waals surface area contributed by atoms with Gasteiger partial charge in [-0.2, -0.15) is 0 Å². The third-order valence-corrected chi connectivity index (χ3v) is 2.83. The number of hydrogen-bond donors (Lipinski definition) is 2. The number of amides is 1. The molecule has 0 radical (unpaired) electrons. The highest BCUT2D eigenvalue weighted by atomic mass is 32.1. The summed E-state index contributed by atoms with van der Waals surface area (Å²) in [7, 11) is 0. The van der Waals surface area contributed by atoms with E-state index in [1.807, 2.05) is 23.6 Å². The Morgan fingerprint density at radius 3 is 3.13 bits per heavy atom. The summed E-state index contributed by atoms with van der Waals surface area (Å²) < 4.78 is 0. The summed E-state index contributed by atoms with van der Waals surface area (Å²) in [5.41, 5.74) is 1.06. The fraction of sp³-hybridized carbons (Fsp3) is 0.364. The zero-order valence-corrected chi connectivity index (χ0v) is 9.51. The highest BCUT2D eigenvalue weighted by Crippen LogP contribution is 2.17. The lowest BCUT2D eigenvalue weighted by atomic mass is 10.2. The van der Waals surface area contributed by atoms with Gasteiger partial charge in [0.05, 0.1) is 6.61 Å². The molecule has 0 unspecified atom stereocenters. The summed E-state index contributed by atoms with van der Waals surface area (Å²) in [5, 5.41) is 13.7. The molecule has 0 aromatic carbocycles. The van der Waals surface area contributed by atoms with Crippen LogP contribution in [0.4, 0.5) is 0 Å². The lowest BCUT2D eigenvalue weighted by Crippen LogP contribution is -2.20. The van der Waals surface area contributed by atoms with Gasteiger partial charge in [0, 0.05) is 18.3 Å². The van der Waals surface area contributed by atoms with E-state index >= 15 is 0 Å². The Hall–Kier alpha value is -1.13. The Morgan fingerprint density at radius 2 is 2.47 bits per heavy atom. The van der Waals surface area contributed by atoms with Gasteiger partial charge in [0.25, 0.3) is 0 Å². The summed E-state index contributed by atoms with van der Waals surface area (Å²) >= 11 is 1.55. The van der Waals surface area contributed by atoms with Gasteiger partial charge in [0.2, 0.25) is 5.91 Å². The predicted octanol–water partition coefficient (Wildman–Crippen LogP) is 1.78. The summed E-state index contributed by atoms with van der Waals surface area (Å²) in [4.78, 5) is 11.5. The second-order valence-corrected chi connectivity index (χ2v) is 4.13. The van der Waals surface area contributed by atoms with Crippen molar-refractivity contribution >= 4 is 23.3 Å². The van der Waals surface area contributed by atoms with Crippen molar-refractivity contribution in [3.8, 4) is 0 Å². The number of nitrogens with one attached hydrogen (secondary N) is 1. The van der Waals surface area contributed by atoms with Gasteiger partial charge in [-0.25, -0.2) is 0 Å². The topological polar surface area (TPSA) is 49.3 Å². The van der Waals surface area contributed by atoms with Crippen LogP contribution in [-0.4, -0.2) is 17.6 Å². The Labute approximate surface area is 93.4 Å². The minimum absolute atomic E-state index is 0.00465. The fourth-order valence-corrected chi connectivity index (χ4v) is 1.89. The number of aliphatic hydroxyl groups is 1. The van der Waals surface area contributed by atoms with Crippen molar-refractivity contribution in [1.82, 2.24) is 5.32 Å². The molecule has 0 fully saturated rings. The maximum Gasteiger partial charge on any atom is 0.216 e. The maximum atomic E-state index is 10.6. The van der Waals surface area contributed by atoms with E-state index in [2.05, 4.69) is 5.32 Å². The quantitative estimate of drug-likeness (QED) is 0.750. The van der Waals surface area contributed by atoms with Crippen LogP contribution in [0.15, 0.2) is 17.5 Å². The minimum Gasteiger partial charge on any atom is -0.391 e. The molecule has 0 spiro atoms. The van der Waals surface area contributed by atoms with E-state index in [0.29, 0.717) is 6.54 Å². The van der Waals surface area contributed by atoms with Crippen molar-refractivity contribution in [2.45, 2.75) is 20.0 Å². The summed E-state index contributed by atoms with van der Waals surface area (Å²) in [6.07, 6.45) is 4.78. The van der Waals surface area contributed by atoms with Crippen molar-refractivity contribution in [2.75, 3.05) is 6.54 Å². The van der Waals surface area contributed by atoms with Crippen molar-refractivity contribution < 1.29 is 9.90 Å². The zero-order valence-electron chi connectivity index (χ0n) is 8.69. The van der Waals surface area contributed by atoms with Crippen molar-refractivity contribution in [1.29, 1.82) is 0 Å². The van der Waals surface area contributed by atoms with Crippen molar-refractivity contribution in [2.24, 2.45) is 0 Å². The number of rotatable bonds is 5. The minimum atomic E-state index is -0.00465. The molecule has 1 rings (SSSR count). The monoisotopic (exact) mass is 225 g/mol. The summed E-state index contributed by atoms with van der Waals surface area (Å²) in [5.74, 6) is -0.00465. The molecule has 1 heterocycles. The van der Waals surface area contributed by atoms with Gasteiger partial charge in [-0.05, 0) is 23.4 Å². The van der Waals surface area contributed by atoms with E-state index in [1.165, 1.54) is 6.92 Å². The first-order valence-electron chi connectivity index (χ1n) is 4.82. The first-order chi connectivity index (χ1) is 7.24. The third-order valence-electron chi connectivity index (χ3n) is 1.91. The molecule has 0 atom stereocenters. The Bertz CT molecular complexity index is 344. The fourth-order valence-electron chi connectivity index (χ4n) is 1.17. The summed E-state index contributed by atoms with van der Waals surface area (Å²) in [6, 6.07) is 1.98. The van der Waals surface area contributed by atoms with Gasteiger partial charge in [-0.3, -0.25) is 4.79 Å². The molecule has 2 N–H and O–H groups in total. The van der Waals surface area contributed by atoms with Crippen LogP contribution in [0.25, 0.3) is 6.08 Å². The standard InChI is InChI=1S/C11H15NO2S/c1-9(14)12-6-3-2-4-10-5-7-15-11(10)8-13/h2,4-5,7,13H,3,6,8H2,1H3,(H,12,14). The molecule has 0 aliphatic rings. The molecule has 4 heteroatoms. The normalized spacial score (nSPS) is 10.8. The molecule has 1 aromatic heterocycles. The van der Waals surface area contributed by atoms with Crippen LogP contribution in [0, 0.1) is 0 Å². The number of carbonyl (C=O) groups is 1. The van der Waals surface area contributed by atoms with E-state index in [9.17, 15) is 4.79 Å². The Morgan fingerprint density at radius 1 is 1.67 bits per heavy atom. The molecule has 3 nitrogen and oxygen atoms in total. The van der Waals surface area contributed by atoms with Crippen LogP contribution in [0.3, 0.4) is 0 Å². The Kier molecular flexibility index (Phi) is 5.07. The second kappa shape index (κ2) is 6.37. The van der Waals surface area contributed by atoms with Gasteiger partial charge < -0.3 is 10.4 Å². The van der Waals surface area contributed by atoms with Crippen LogP contribution >= 0.6 is 11.3 Å². The highest BCUT2D eigenvalue weighted by Gasteiger charge is 1.97. The van der Waals surface area contributed by atoms with Crippen molar-refractivity contribution in [3.63, 3.8) is 0 Å². The molecule has 0 saturated heterocycles. The van der Waals surface area contributed by atoms with Gasteiger partial charge in [0.1, 0.15) is 0 Å². The third kappa shape index (κ3) is 4.27. The van der Waals surface area contributed by atoms with E-state index in [4.69, 9.17) is 5.11 Å². The molecule has 0 bridgehead atoms. The average Bonchev–Trinajstić information content (AvgIpc) is 2.64. The zero-order chi connectivity index (χ0) is 11.1. The first kappa shape index (κ1) is 11.9. The van der Waals surface area contributed by atoms with E-state index in [-0.39, 0.29) is 12.5 Å². The predicted molar refractivity (Wildman–Crippen MR) is 62.6 cm³/mol. The van der Waals surface area contributed by atoms with Crippen LogP contribution in [0.1, 0.15) is 23.8 Å². The first-order valence-corrected chi connectivity index (χ1v) is 5.70. The molecular formula is C11H15NO2S. The average molecular weight is 225 g/mol. The molecule has 0 saturated carbocycles. The molecule has 0 aliphatic heterocycles. The Balaban J connectivity index is 2.34. The molecule has 82 valence electrons. The van der Waals surface area contributed by atoms with E-state index in [1.54, 1.807) is 11.3 Å². The van der Waals surface area contributed by atoms with Crippen LogP contribution in [-0.2, 0) is 11.4 Å². The van der Waals surface area contributed by atoms with Gasteiger partial charge in [-0.1, -0.05) is 12.2 Å². The van der Waals surface area contributed by atoms with E-state index < -0.39 is 0 Å². The highest BCUT2D eigenvalue weighted by molar-refractivity contribution is 7.10. The number of thiophene rings is 1. The van der Waals surface area contributed by atoms with Gasteiger partial charge in [-0.15, -0.1) is 11.3 Å². The summed E-state index contributed by atoms with van der Waals surface area (Å²) in [6.45, 7) is 2.25. The van der Waals surface area contributed by atoms with Gasteiger partial charge in [0.15, 0.2) is 0 Å². The molecular weight excluding hydrogens is 210 g/mol. The maximum absolute atomic E-state index is 10.6. The van der Waals surface area contributed by atoms with E-state index in [0.717, 1.165) is 16.9 Å². The second-order valence-electron chi connectivity index (χ2n) is 3.13. The smallest absolute Gasteiger partial charge is 0.216 e. The lowest BCUT2D eigenvalue weighted by Gasteiger charge is -1.97. The molecule has 0 aliphatic carbocycles. The van der Waals surface area contributed by atoms with Crippen LogP contribution in [0.5, 0.6) is 0 Å². The molecule has 1 aromatic rings. The largest absolute Gasteiger partial charge is 0.391 e. The molecule has 15 heavy (non-hydrogen) atoms. The van der Waals surface area contributed by atoms with Crippen molar-refractivity contribution in [3.05, 3.63) is 28.0 Å². The van der Waals surface area contributed by atoms with Crippen LogP contribution in [0.2, 0.25) is 0 Å². The van der Waals surface area contributed by atoms with Gasteiger partial charge >= 0.3 is 0 Å². The number of hydrogen-bond acceptors (Lipinski definition) is 3. The number of aliphatic hydroxyl groups excluding tert-OH is 1. The number of carbonyl (C=O) groups excluding carboxylic acids is 1.